The van der Waals surface area contributed by atoms with Crippen molar-refractivity contribution in [3.05, 3.63) is 53.1 Å². The zero-order valence-corrected chi connectivity index (χ0v) is 10.8. The van der Waals surface area contributed by atoms with Crippen molar-refractivity contribution in [3.8, 4) is 5.75 Å². The van der Waals surface area contributed by atoms with E-state index in [1.54, 1.807) is 0 Å². The van der Waals surface area contributed by atoms with Gasteiger partial charge in [0.05, 0.1) is 7.11 Å². The highest BCUT2D eigenvalue weighted by atomic mass is 19.1. The van der Waals surface area contributed by atoms with E-state index in [0.29, 0.717) is 6.07 Å². The van der Waals surface area contributed by atoms with E-state index >= 15 is 0 Å². The predicted octanol–water partition coefficient (Wildman–Crippen LogP) is 2.22. The van der Waals surface area contributed by atoms with Gasteiger partial charge in [0.1, 0.15) is 17.5 Å². The second-order valence-corrected chi connectivity index (χ2v) is 4.24. The molecule has 0 aliphatic rings. The van der Waals surface area contributed by atoms with Crippen molar-refractivity contribution < 1.29 is 22.3 Å². The second-order valence-electron chi connectivity index (χ2n) is 4.24. The van der Waals surface area contributed by atoms with Crippen LogP contribution in [0.5, 0.6) is 5.75 Å². The summed E-state index contributed by atoms with van der Waals surface area (Å²) in [4.78, 5) is 0. The molecule has 1 radical (unpaired) electrons. The fraction of sp³-hybridized carbons (Fsp3) is 0.143. The Balaban J connectivity index is 2.47. The number of rotatable bonds is 3. The van der Waals surface area contributed by atoms with Crippen LogP contribution in [0.1, 0.15) is 5.56 Å². The number of hydrogen-bond donors (Lipinski definition) is 0. The molecule has 0 heterocycles. The van der Waals surface area contributed by atoms with Crippen LogP contribution in [0.25, 0.3) is 0 Å². The summed E-state index contributed by atoms with van der Waals surface area (Å²) in [6.07, 6.45) is 0. The normalized spacial score (nSPS) is 10.5. The third-order valence-corrected chi connectivity index (χ3v) is 2.89. The van der Waals surface area contributed by atoms with Crippen LogP contribution in [0, 0.1) is 30.2 Å². The summed E-state index contributed by atoms with van der Waals surface area (Å²) >= 11 is 0. The smallest absolute Gasteiger partial charge is 0.203 e. The molecule has 1 nitrogen and oxygen atoms in total. The number of halogens is 4. The van der Waals surface area contributed by atoms with Crippen LogP contribution in [0.4, 0.5) is 17.6 Å². The topological polar surface area (TPSA) is 9.23 Å². The molecule has 0 amide bonds. The van der Waals surface area contributed by atoms with E-state index in [-0.39, 0.29) is 16.8 Å². The van der Waals surface area contributed by atoms with E-state index in [2.05, 4.69) is 0 Å². The molecule has 0 saturated heterocycles. The quantitative estimate of drug-likeness (QED) is 0.619. The summed E-state index contributed by atoms with van der Waals surface area (Å²) in [5, 5.41) is 0. The van der Waals surface area contributed by atoms with Crippen molar-refractivity contribution in [2.45, 2.75) is 6.92 Å². The molecule has 0 aliphatic heterocycles. The third kappa shape index (κ3) is 2.64. The lowest BCUT2D eigenvalue weighted by atomic mass is 9.63. The van der Waals surface area contributed by atoms with Crippen molar-refractivity contribution >= 4 is 18.2 Å². The van der Waals surface area contributed by atoms with Gasteiger partial charge < -0.3 is 4.74 Å². The maximum absolute atomic E-state index is 13.9. The van der Waals surface area contributed by atoms with Gasteiger partial charge in [-0.25, -0.2) is 17.6 Å². The van der Waals surface area contributed by atoms with Crippen LogP contribution < -0.4 is 15.7 Å². The van der Waals surface area contributed by atoms with Crippen LogP contribution in [-0.2, 0) is 0 Å². The number of aryl methyl sites for hydroxylation is 1. The average Bonchev–Trinajstić information content (AvgIpc) is 2.40. The van der Waals surface area contributed by atoms with E-state index in [0.717, 1.165) is 19.4 Å². The van der Waals surface area contributed by atoms with Gasteiger partial charge >= 0.3 is 0 Å². The summed E-state index contributed by atoms with van der Waals surface area (Å²) in [5.74, 6) is -3.56. The highest BCUT2D eigenvalue weighted by molar-refractivity contribution is 6.67. The number of methoxy groups -OCH3 is 1. The Morgan fingerprint density at radius 1 is 0.950 bits per heavy atom. The molecule has 0 aliphatic carbocycles. The highest BCUT2D eigenvalue weighted by Gasteiger charge is 2.18. The molecule has 0 bridgehead atoms. The first kappa shape index (κ1) is 14.4. The Hall–Kier alpha value is -1.98. The lowest BCUT2D eigenvalue weighted by Crippen LogP contribution is -2.34. The van der Waals surface area contributed by atoms with E-state index in [1.807, 2.05) is 0 Å². The van der Waals surface area contributed by atoms with Gasteiger partial charge in [-0.1, -0.05) is 6.07 Å². The number of hydrogen-bond acceptors (Lipinski definition) is 1. The van der Waals surface area contributed by atoms with E-state index in [4.69, 9.17) is 4.74 Å². The Labute approximate surface area is 114 Å². The molecule has 2 aromatic carbocycles. The maximum Gasteiger partial charge on any atom is 0.203 e. The van der Waals surface area contributed by atoms with Crippen LogP contribution in [0.15, 0.2) is 24.3 Å². The van der Waals surface area contributed by atoms with Crippen LogP contribution >= 0.6 is 0 Å². The molecule has 103 valence electrons. The Morgan fingerprint density at radius 3 is 2.30 bits per heavy atom. The molecule has 0 fully saturated rings. The van der Waals surface area contributed by atoms with Crippen molar-refractivity contribution in [3.63, 3.8) is 0 Å². The zero-order chi connectivity index (χ0) is 14.9. The molecule has 6 heteroatoms. The SMILES string of the molecule is COc1ccc(F)c([B]c2cc(C)c(F)cc2F)c1F. The molecule has 0 N–H and O–H groups in total. The first-order valence-electron chi connectivity index (χ1n) is 5.76. The Kier molecular flexibility index (Phi) is 4.02. The van der Waals surface area contributed by atoms with Crippen molar-refractivity contribution in [2.75, 3.05) is 7.11 Å². The standard InChI is InChI=1S/C14H10BF4O/c1-7-5-8(11(18)6-10(7)17)15-13-9(16)3-4-12(20-2)14(13)19/h3-6H,1-2H3. The second kappa shape index (κ2) is 5.57. The molecule has 0 unspecified atom stereocenters. The third-order valence-electron chi connectivity index (χ3n) is 2.89. The summed E-state index contributed by atoms with van der Waals surface area (Å²) in [6.45, 7) is 1.43. The van der Waals surface area contributed by atoms with Crippen molar-refractivity contribution in [1.29, 1.82) is 0 Å². The average molecular weight is 281 g/mol. The molecule has 0 saturated carbocycles. The summed E-state index contributed by atoms with van der Waals surface area (Å²) < 4.78 is 59.1. The van der Waals surface area contributed by atoms with Crippen LogP contribution in [0.2, 0.25) is 0 Å². The van der Waals surface area contributed by atoms with Gasteiger partial charge in [0.25, 0.3) is 0 Å². The summed E-state index contributed by atoms with van der Waals surface area (Å²) in [7, 11) is 2.22. The molecule has 20 heavy (non-hydrogen) atoms. The molecule has 0 spiro atoms. The van der Waals surface area contributed by atoms with Gasteiger partial charge in [0, 0.05) is 6.07 Å². The summed E-state index contributed by atoms with van der Waals surface area (Å²) in [5.41, 5.74) is -0.356. The fourth-order valence-electron chi connectivity index (χ4n) is 1.78. The number of benzene rings is 2. The summed E-state index contributed by atoms with van der Waals surface area (Å²) in [6, 6.07) is 4.01. The highest BCUT2D eigenvalue weighted by Crippen LogP contribution is 2.15. The monoisotopic (exact) mass is 281 g/mol. The maximum atomic E-state index is 13.9. The van der Waals surface area contributed by atoms with Gasteiger partial charge in [-0.2, -0.15) is 0 Å². The van der Waals surface area contributed by atoms with E-state index in [1.165, 1.54) is 20.1 Å². The van der Waals surface area contributed by atoms with Crippen LogP contribution in [0.3, 0.4) is 0 Å². The minimum absolute atomic E-state index is 0.102. The molecular formula is C14H10BF4O. The van der Waals surface area contributed by atoms with Gasteiger partial charge in [-0.3, -0.25) is 0 Å². The lowest BCUT2D eigenvalue weighted by Gasteiger charge is -2.09. The molecule has 2 aromatic rings. The van der Waals surface area contributed by atoms with Crippen molar-refractivity contribution in [1.82, 2.24) is 0 Å². The Morgan fingerprint density at radius 2 is 1.65 bits per heavy atom. The van der Waals surface area contributed by atoms with Gasteiger partial charge in [0.15, 0.2) is 11.6 Å². The van der Waals surface area contributed by atoms with E-state index < -0.39 is 28.7 Å². The molecule has 0 atom stereocenters. The van der Waals surface area contributed by atoms with E-state index in [9.17, 15) is 17.6 Å². The van der Waals surface area contributed by atoms with Crippen molar-refractivity contribution in [2.24, 2.45) is 0 Å². The minimum Gasteiger partial charge on any atom is -0.494 e. The first-order chi connectivity index (χ1) is 9.43. The number of ether oxygens (including phenoxy) is 1. The van der Waals surface area contributed by atoms with Gasteiger partial charge in [0.2, 0.25) is 7.28 Å². The predicted molar refractivity (Wildman–Crippen MR) is 69.0 cm³/mol. The molecule has 2 rings (SSSR count). The largest absolute Gasteiger partial charge is 0.494 e. The first-order valence-corrected chi connectivity index (χ1v) is 5.76. The zero-order valence-electron chi connectivity index (χ0n) is 10.8. The van der Waals surface area contributed by atoms with Crippen LogP contribution in [-0.4, -0.2) is 14.4 Å². The molecular weight excluding hydrogens is 271 g/mol. The molecule has 0 aromatic heterocycles. The lowest BCUT2D eigenvalue weighted by molar-refractivity contribution is 0.386. The van der Waals surface area contributed by atoms with Gasteiger partial charge in [-0.15, -0.1) is 0 Å². The minimum atomic E-state index is -0.936. The Bertz CT molecular complexity index is 658. The fourth-order valence-corrected chi connectivity index (χ4v) is 1.78. The van der Waals surface area contributed by atoms with Gasteiger partial charge in [-0.05, 0) is 35.5 Å².